The van der Waals surface area contributed by atoms with Gasteiger partial charge in [-0.1, -0.05) is 45.7 Å². The molecule has 28 heavy (non-hydrogen) atoms. The topological polar surface area (TPSA) is 52.6 Å². The van der Waals surface area contributed by atoms with Crippen LogP contribution >= 0.6 is 0 Å². The van der Waals surface area contributed by atoms with Crippen LogP contribution in [0.4, 0.5) is 0 Å². The second-order valence-electron chi connectivity index (χ2n) is 8.99. The minimum atomic E-state index is 0.177. The van der Waals surface area contributed by atoms with Gasteiger partial charge in [0.25, 0.3) is 0 Å². The average molecular weight is 387 g/mol. The van der Waals surface area contributed by atoms with Gasteiger partial charge in [-0.25, -0.2) is 0 Å². The molecule has 1 saturated heterocycles. The molecule has 0 aliphatic carbocycles. The maximum absolute atomic E-state index is 13.0. The van der Waals surface area contributed by atoms with Gasteiger partial charge in [0, 0.05) is 32.2 Å². The van der Waals surface area contributed by atoms with Gasteiger partial charge in [0.2, 0.25) is 5.91 Å². The highest BCUT2D eigenvalue weighted by Crippen LogP contribution is 2.34. The van der Waals surface area contributed by atoms with Crippen molar-refractivity contribution in [3.63, 3.8) is 0 Å². The summed E-state index contributed by atoms with van der Waals surface area (Å²) >= 11 is 0. The Morgan fingerprint density at radius 3 is 2.79 bits per heavy atom. The number of nitrogens with zero attached hydrogens (tertiary/aromatic N) is 1. The summed E-state index contributed by atoms with van der Waals surface area (Å²) in [5.74, 6) is 1.06. The third-order valence-electron chi connectivity index (χ3n) is 6.54. The van der Waals surface area contributed by atoms with Crippen LogP contribution in [0.5, 0.6) is 0 Å². The number of aliphatic hydroxyl groups is 1. The standard InChI is InChI=1S/C24H38N2O2/c1-4-6-18(9-12-27)13-24(28)26-11-8-21-20(16-26)14-19(17(2)3)15-22(21)23-7-5-10-25-23/h14-15,17-18,23,25,27H,4-13,16H2,1-3H3/t18?,23-/m0/s1. The number of carbonyl (C=O) groups excluding carboxylic acids is 1. The Balaban J connectivity index is 1.78. The van der Waals surface area contributed by atoms with E-state index in [1.165, 1.54) is 35.1 Å². The van der Waals surface area contributed by atoms with Crippen molar-refractivity contribution < 1.29 is 9.90 Å². The SMILES string of the molecule is CCCC(CCO)CC(=O)N1CCc2c(cc(C(C)C)cc2[C@@H]2CCCN2)C1. The van der Waals surface area contributed by atoms with Gasteiger partial charge in [0.05, 0.1) is 0 Å². The van der Waals surface area contributed by atoms with Gasteiger partial charge in [0.1, 0.15) is 0 Å². The summed E-state index contributed by atoms with van der Waals surface area (Å²) in [6.07, 6.45) is 6.83. The smallest absolute Gasteiger partial charge is 0.223 e. The molecule has 4 heteroatoms. The van der Waals surface area contributed by atoms with Crippen molar-refractivity contribution in [1.29, 1.82) is 0 Å². The van der Waals surface area contributed by atoms with Crippen molar-refractivity contribution in [2.75, 3.05) is 19.7 Å². The number of hydrogen-bond acceptors (Lipinski definition) is 3. The molecule has 1 aromatic carbocycles. The molecule has 0 aromatic heterocycles. The van der Waals surface area contributed by atoms with E-state index in [1.807, 2.05) is 0 Å². The van der Waals surface area contributed by atoms with E-state index in [0.717, 1.165) is 45.3 Å². The second kappa shape index (κ2) is 9.89. The lowest BCUT2D eigenvalue weighted by atomic mass is 9.85. The van der Waals surface area contributed by atoms with Crippen LogP contribution in [0.3, 0.4) is 0 Å². The fraction of sp³-hybridized carbons (Fsp3) is 0.708. The van der Waals surface area contributed by atoms with Crippen molar-refractivity contribution in [1.82, 2.24) is 10.2 Å². The molecule has 0 saturated carbocycles. The van der Waals surface area contributed by atoms with Gasteiger partial charge in [-0.3, -0.25) is 4.79 Å². The van der Waals surface area contributed by atoms with E-state index in [1.54, 1.807) is 0 Å². The Morgan fingerprint density at radius 1 is 1.32 bits per heavy atom. The van der Waals surface area contributed by atoms with E-state index < -0.39 is 0 Å². The molecule has 2 aliphatic heterocycles. The van der Waals surface area contributed by atoms with Gasteiger partial charge in [0.15, 0.2) is 0 Å². The van der Waals surface area contributed by atoms with Crippen LogP contribution in [0.2, 0.25) is 0 Å². The molecule has 1 amide bonds. The molecule has 1 aromatic rings. The van der Waals surface area contributed by atoms with E-state index in [9.17, 15) is 9.90 Å². The molecule has 2 heterocycles. The average Bonchev–Trinajstić information content (AvgIpc) is 3.21. The van der Waals surface area contributed by atoms with Crippen LogP contribution in [0.25, 0.3) is 0 Å². The monoisotopic (exact) mass is 386 g/mol. The van der Waals surface area contributed by atoms with Gasteiger partial charge in [-0.2, -0.15) is 0 Å². The van der Waals surface area contributed by atoms with Crippen molar-refractivity contribution in [3.05, 3.63) is 34.4 Å². The molecule has 0 bridgehead atoms. The van der Waals surface area contributed by atoms with Crippen molar-refractivity contribution in [2.24, 2.45) is 5.92 Å². The van der Waals surface area contributed by atoms with Crippen molar-refractivity contribution >= 4 is 5.91 Å². The number of carbonyl (C=O) groups is 1. The summed E-state index contributed by atoms with van der Waals surface area (Å²) in [6, 6.07) is 5.24. The molecule has 156 valence electrons. The Hall–Kier alpha value is -1.39. The zero-order valence-corrected chi connectivity index (χ0v) is 18.0. The van der Waals surface area contributed by atoms with E-state index in [4.69, 9.17) is 0 Å². The number of amides is 1. The number of aliphatic hydroxyl groups excluding tert-OH is 1. The van der Waals surface area contributed by atoms with E-state index in [-0.39, 0.29) is 12.5 Å². The first-order valence-electron chi connectivity index (χ1n) is 11.3. The Bertz CT molecular complexity index is 659. The lowest BCUT2D eigenvalue weighted by molar-refractivity contribution is -0.133. The second-order valence-corrected chi connectivity index (χ2v) is 8.99. The molecule has 3 rings (SSSR count). The molecule has 4 nitrogen and oxygen atoms in total. The maximum atomic E-state index is 13.0. The highest BCUT2D eigenvalue weighted by molar-refractivity contribution is 5.77. The first kappa shape index (κ1) is 21.3. The molecule has 2 atom stereocenters. The highest BCUT2D eigenvalue weighted by Gasteiger charge is 2.28. The van der Waals surface area contributed by atoms with Gasteiger partial charge < -0.3 is 15.3 Å². The Morgan fingerprint density at radius 2 is 2.14 bits per heavy atom. The zero-order valence-electron chi connectivity index (χ0n) is 18.0. The maximum Gasteiger partial charge on any atom is 0.223 e. The summed E-state index contributed by atoms with van der Waals surface area (Å²) in [4.78, 5) is 15.0. The van der Waals surface area contributed by atoms with Crippen LogP contribution in [0, 0.1) is 5.92 Å². The van der Waals surface area contributed by atoms with Gasteiger partial charge in [-0.05, 0) is 66.3 Å². The number of nitrogens with one attached hydrogen (secondary N) is 1. The van der Waals surface area contributed by atoms with Crippen LogP contribution in [0.1, 0.15) is 93.5 Å². The van der Waals surface area contributed by atoms with Crippen molar-refractivity contribution in [2.45, 2.75) is 84.2 Å². The van der Waals surface area contributed by atoms with Crippen LogP contribution in [-0.4, -0.2) is 35.6 Å². The van der Waals surface area contributed by atoms with Crippen LogP contribution < -0.4 is 5.32 Å². The lowest BCUT2D eigenvalue weighted by Gasteiger charge is -2.33. The third-order valence-corrected chi connectivity index (χ3v) is 6.54. The highest BCUT2D eigenvalue weighted by atomic mass is 16.3. The Kier molecular flexibility index (Phi) is 7.53. The van der Waals surface area contributed by atoms with E-state index >= 15 is 0 Å². The molecule has 1 fully saturated rings. The summed E-state index contributed by atoms with van der Waals surface area (Å²) in [5, 5.41) is 13.0. The zero-order chi connectivity index (χ0) is 20.1. The molecule has 2 aliphatic rings. The lowest BCUT2D eigenvalue weighted by Crippen LogP contribution is -2.37. The summed E-state index contributed by atoms with van der Waals surface area (Å²) in [7, 11) is 0. The first-order valence-corrected chi connectivity index (χ1v) is 11.3. The Labute approximate surface area is 170 Å². The summed E-state index contributed by atoms with van der Waals surface area (Å²) in [6.45, 7) is 9.51. The molecular formula is C24H38N2O2. The van der Waals surface area contributed by atoms with Gasteiger partial charge >= 0.3 is 0 Å². The third kappa shape index (κ3) is 4.96. The number of benzene rings is 1. The fourth-order valence-corrected chi connectivity index (χ4v) is 4.88. The molecule has 1 unspecified atom stereocenters. The number of fused-ring (bicyclic) bond motifs is 1. The van der Waals surface area contributed by atoms with E-state index in [0.29, 0.717) is 24.3 Å². The van der Waals surface area contributed by atoms with Crippen LogP contribution in [-0.2, 0) is 17.8 Å². The minimum absolute atomic E-state index is 0.177. The van der Waals surface area contributed by atoms with Crippen molar-refractivity contribution in [3.8, 4) is 0 Å². The quantitative estimate of drug-likeness (QED) is 0.700. The fourth-order valence-electron chi connectivity index (χ4n) is 4.88. The molecule has 2 N–H and O–H groups in total. The van der Waals surface area contributed by atoms with E-state index in [2.05, 4.69) is 43.1 Å². The molecule has 0 spiro atoms. The normalized spacial score (nSPS) is 20.5. The largest absolute Gasteiger partial charge is 0.396 e. The summed E-state index contributed by atoms with van der Waals surface area (Å²) in [5.41, 5.74) is 5.70. The molecule has 0 radical (unpaired) electrons. The number of hydrogen-bond donors (Lipinski definition) is 2. The summed E-state index contributed by atoms with van der Waals surface area (Å²) < 4.78 is 0. The first-order chi connectivity index (χ1) is 13.5. The van der Waals surface area contributed by atoms with Crippen LogP contribution in [0.15, 0.2) is 12.1 Å². The van der Waals surface area contributed by atoms with Gasteiger partial charge in [-0.15, -0.1) is 0 Å². The minimum Gasteiger partial charge on any atom is -0.396 e. The predicted molar refractivity (Wildman–Crippen MR) is 114 cm³/mol. The predicted octanol–water partition coefficient (Wildman–Crippen LogP) is 4.31. The molecular weight excluding hydrogens is 348 g/mol. The number of rotatable bonds is 8.